The molecule has 1 aromatic carbocycles. The number of carbonyl (C=O) groups is 1. The summed E-state index contributed by atoms with van der Waals surface area (Å²) in [5.74, 6) is -0.886. The van der Waals surface area contributed by atoms with Gasteiger partial charge in [-0.25, -0.2) is 4.79 Å². The van der Waals surface area contributed by atoms with Crippen molar-refractivity contribution in [3.8, 4) is 0 Å². The Morgan fingerprint density at radius 1 is 1.39 bits per heavy atom. The molecule has 4 nitrogen and oxygen atoms in total. The number of aryl methyl sites for hydroxylation is 1. The quantitative estimate of drug-likeness (QED) is 0.757. The van der Waals surface area contributed by atoms with Crippen LogP contribution in [0.5, 0.6) is 0 Å². The van der Waals surface area contributed by atoms with Gasteiger partial charge >= 0.3 is 5.97 Å². The Bertz CT molecular complexity index is 404. The largest absolute Gasteiger partial charge is 0.478 e. The monoisotopic (exact) mass is 251 g/mol. The van der Waals surface area contributed by atoms with Crippen LogP contribution in [0, 0.1) is 6.92 Å². The molecule has 1 N–H and O–H groups in total. The molecule has 0 radical (unpaired) electrons. The molecule has 1 aromatic rings. The second-order valence-electron chi connectivity index (χ2n) is 4.05. The molecule has 0 spiro atoms. The van der Waals surface area contributed by atoms with Crippen LogP contribution in [-0.4, -0.2) is 37.4 Å². The smallest absolute Gasteiger partial charge is 0.337 e. The number of hydrogen-bond donors (Lipinski definition) is 1. The summed E-state index contributed by atoms with van der Waals surface area (Å²) in [5, 5.41) is 9.25. The van der Waals surface area contributed by atoms with E-state index in [1.807, 2.05) is 26.8 Å². The molecule has 18 heavy (non-hydrogen) atoms. The standard InChI is InChI=1S/C14H21NO3/c1-4-15(9-10-18-5-2)13-11(3)7-6-8-12(13)14(16)17/h6-8H,4-5,9-10H2,1-3H3,(H,16,17). The van der Waals surface area contributed by atoms with E-state index in [4.69, 9.17) is 4.74 Å². The number of nitrogens with zero attached hydrogens (tertiary/aromatic N) is 1. The molecule has 0 fully saturated rings. The Hall–Kier alpha value is -1.55. The highest BCUT2D eigenvalue weighted by Crippen LogP contribution is 2.25. The Morgan fingerprint density at radius 3 is 2.67 bits per heavy atom. The first kappa shape index (κ1) is 14.5. The molecule has 0 heterocycles. The van der Waals surface area contributed by atoms with E-state index in [2.05, 4.69) is 4.90 Å². The zero-order valence-electron chi connectivity index (χ0n) is 11.3. The molecular weight excluding hydrogens is 230 g/mol. The molecule has 0 aliphatic heterocycles. The molecule has 0 aliphatic rings. The minimum absolute atomic E-state index is 0.355. The number of aromatic carboxylic acids is 1. The SMILES string of the molecule is CCOCCN(CC)c1c(C)cccc1C(=O)O. The van der Waals surface area contributed by atoms with Gasteiger partial charge in [-0.2, -0.15) is 0 Å². The van der Waals surface area contributed by atoms with E-state index >= 15 is 0 Å². The van der Waals surface area contributed by atoms with Crippen LogP contribution in [0.3, 0.4) is 0 Å². The highest BCUT2D eigenvalue weighted by atomic mass is 16.5. The third-order valence-electron chi connectivity index (χ3n) is 2.88. The molecule has 0 aliphatic carbocycles. The molecule has 1 rings (SSSR count). The number of hydrogen-bond acceptors (Lipinski definition) is 3. The summed E-state index contributed by atoms with van der Waals surface area (Å²) >= 11 is 0. The Balaban J connectivity index is 3.00. The van der Waals surface area contributed by atoms with Crippen LogP contribution >= 0.6 is 0 Å². The van der Waals surface area contributed by atoms with Gasteiger partial charge in [0.1, 0.15) is 0 Å². The summed E-state index contributed by atoms with van der Waals surface area (Å²) in [5.41, 5.74) is 2.13. The number of benzene rings is 1. The van der Waals surface area contributed by atoms with Crippen molar-refractivity contribution in [2.75, 3.05) is 31.2 Å². The average molecular weight is 251 g/mol. The topological polar surface area (TPSA) is 49.8 Å². The summed E-state index contributed by atoms with van der Waals surface area (Å²) in [6.45, 7) is 8.66. The Labute approximate surface area is 108 Å². The first-order chi connectivity index (χ1) is 8.61. The lowest BCUT2D eigenvalue weighted by atomic mass is 10.1. The lowest BCUT2D eigenvalue weighted by molar-refractivity contribution is 0.0697. The van der Waals surface area contributed by atoms with E-state index in [0.717, 1.165) is 17.8 Å². The molecule has 0 atom stereocenters. The lowest BCUT2D eigenvalue weighted by Gasteiger charge is -2.26. The van der Waals surface area contributed by atoms with Crippen molar-refractivity contribution in [1.82, 2.24) is 0 Å². The van der Waals surface area contributed by atoms with Gasteiger partial charge in [-0.1, -0.05) is 12.1 Å². The predicted octanol–water partition coefficient (Wildman–Crippen LogP) is 2.56. The van der Waals surface area contributed by atoms with Crippen LogP contribution in [-0.2, 0) is 4.74 Å². The minimum atomic E-state index is -0.886. The molecule has 0 bridgehead atoms. The summed E-state index contributed by atoms with van der Waals surface area (Å²) in [7, 11) is 0. The van der Waals surface area contributed by atoms with E-state index in [0.29, 0.717) is 25.3 Å². The van der Waals surface area contributed by atoms with Gasteiger partial charge in [0.05, 0.1) is 17.9 Å². The Kier molecular flexibility index (Phi) is 5.65. The van der Waals surface area contributed by atoms with Crippen LogP contribution in [0.2, 0.25) is 0 Å². The van der Waals surface area contributed by atoms with Gasteiger partial charge in [-0.05, 0) is 32.4 Å². The summed E-state index contributed by atoms with van der Waals surface area (Å²) in [6, 6.07) is 5.36. The molecular formula is C14H21NO3. The van der Waals surface area contributed by atoms with Gasteiger partial charge in [0.25, 0.3) is 0 Å². The van der Waals surface area contributed by atoms with Crippen LogP contribution in [0.1, 0.15) is 29.8 Å². The summed E-state index contributed by atoms with van der Waals surface area (Å²) in [4.78, 5) is 13.3. The summed E-state index contributed by atoms with van der Waals surface area (Å²) < 4.78 is 5.34. The third-order valence-corrected chi connectivity index (χ3v) is 2.88. The van der Waals surface area contributed by atoms with Crippen LogP contribution in [0.4, 0.5) is 5.69 Å². The van der Waals surface area contributed by atoms with E-state index in [1.165, 1.54) is 0 Å². The number of anilines is 1. The second-order valence-corrected chi connectivity index (χ2v) is 4.05. The van der Waals surface area contributed by atoms with Crippen molar-refractivity contribution in [3.05, 3.63) is 29.3 Å². The van der Waals surface area contributed by atoms with Crippen molar-refractivity contribution >= 4 is 11.7 Å². The first-order valence-electron chi connectivity index (χ1n) is 6.27. The zero-order chi connectivity index (χ0) is 13.5. The number of carboxylic acid groups (broad SMARTS) is 1. The maximum atomic E-state index is 11.3. The lowest BCUT2D eigenvalue weighted by Crippen LogP contribution is -2.29. The molecule has 0 unspecified atom stereocenters. The highest BCUT2D eigenvalue weighted by molar-refractivity contribution is 5.95. The fourth-order valence-electron chi connectivity index (χ4n) is 2.00. The maximum absolute atomic E-state index is 11.3. The maximum Gasteiger partial charge on any atom is 0.337 e. The normalized spacial score (nSPS) is 10.4. The number of likely N-dealkylation sites (N-methyl/N-ethyl adjacent to an activating group) is 1. The van der Waals surface area contributed by atoms with Crippen LogP contribution < -0.4 is 4.90 Å². The average Bonchev–Trinajstić information content (AvgIpc) is 2.35. The minimum Gasteiger partial charge on any atom is -0.478 e. The Morgan fingerprint density at radius 2 is 2.11 bits per heavy atom. The zero-order valence-corrected chi connectivity index (χ0v) is 11.3. The van der Waals surface area contributed by atoms with Crippen molar-refractivity contribution < 1.29 is 14.6 Å². The van der Waals surface area contributed by atoms with Crippen molar-refractivity contribution in [2.45, 2.75) is 20.8 Å². The number of para-hydroxylation sites is 1. The van der Waals surface area contributed by atoms with Gasteiger partial charge in [0, 0.05) is 19.7 Å². The fraction of sp³-hybridized carbons (Fsp3) is 0.500. The molecule has 0 saturated carbocycles. The van der Waals surface area contributed by atoms with Crippen LogP contribution in [0.25, 0.3) is 0 Å². The molecule has 0 aromatic heterocycles. The van der Waals surface area contributed by atoms with Crippen molar-refractivity contribution in [1.29, 1.82) is 0 Å². The third kappa shape index (κ3) is 3.47. The van der Waals surface area contributed by atoms with Crippen molar-refractivity contribution in [2.24, 2.45) is 0 Å². The number of rotatable bonds is 7. The van der Waals surface area contributed by atoms with Crippen molar-refractivity contribution in [3.63, 3.8) is 0 Å². The van der Waals surface area contributed by atoms with Gasteiger partial charge in [0.15, 0.2) is 0 Å². The summed E-state index contributed by atoms with van der Waals surface area (Å²) in [6.07, 6.45) is 0. The second kappa shape index (κ2) is 7.01. The van der Waals surface area contributed by atoms with E-state index in [1.54, 1.807) is 12.1 Å². The first-order valence-corrected chi connectivity index (χ1v) is 6.27. The van der Waals surface area contributed by atoms with E-state index in [-0.39, 0.29) is 0 Å². The van der Waals surface area contributed by atoms with Gasteiger partial charge in [0.2, 0.25) is 0 Å². The molecule has 100 valence electrons. The van der Waals surface area contributed by atoms with E-state index < -0.39 is 5.97 Å². The number of carboxylic acids is 1. The molecule has 4 heteroatoms. The number of ether oxygens (including phenoxy) is 1. The van der Waals surface area contributed by atoms with Gasteiger partial charge in [-0.15, -0.1) is 0 Å². The van der Waals surface area contributed by atoms with E-state index in [9.17, 15) is 9.90 Å². The molecule has 0 amide bonds. The van der Waals surface area contributed by atoms with Crippen LogP contribution in [0.15, 0.2) is 18.2 Å². The highest BCUT2D eigenvalue weighted by Gasteiger charge is 2.16. The van der Waals surface area contributed by atoms with Gasteiger partial charge < -0.3 is 14.7 Å². The molecule has 0 saturated heterocycles. The predicted molar refractivity (Wildman–Crippen MR) is 72.5 cm³/mol. The fourth-order valence-corrected chi connectivity index (χ4v) is 2.00. The van der Waals surface area contributed by atoms with Gasteiger partial charge in [-0.3, -0.25) is 0 Å².